The molecule has 1 unspecified atom stereocenters. The van der Waals surface area contributed by atoms with Crippen molar-refractivity contribution in [3.05, 3.63) is 53.6 Å². The number of hydrogen-bond acceptors (Lipinski definition) is 4. The van der Waals surface area contributed by atoms with Gasteiger partial charge in [-0.1, -0.05) is 0 Å². The molecule has 0 fully saturated rings. The SMILES string of the molecule is Cc1cc(Oc2ccc(C(F)(F)F)cc2)ccc1NCC(O)CO. The number of nitrogens with one attached hydrogen (secondary N) is 1. The fourth-order valence-corrected chi connectivity index (χ4v) is 2.04. The lowest BCUT2D eigenvalue weighted by molar-refractivity contribution is -0.137. The van der Waals surface area contributed by atoms with Gasteiger partial charge in [-0.15, -0.1) is 0 Å². The van der Waals surface area contributed by atoms with E-state index in [1.807, 2.05) is 6.92 Å². The van der Waals surface area contributed by atoms with Gasteiger partial charge in [0.05, 0.1) is 18.3 Å². The summed E-state index contributed by atoms with van der Waals surface area (Å²) in [5.41, 5.74) is 0.875. The van der Waals surface area contributed by atoms with Crippen LogP contribution in [0.4, 0.5) is 18.9 Å². The average molecular weight is 341 g/mol. The van der Waals surface area contributed by atoms with Crippen LogP contribution in [0.1, 0.15) is 11.1 Å². The Morgan fingerprint density at radius 1 is 1.08 bits per heavy atom. The summed E-state index contributed by atoms with van der Waals surface area (Å²) in [5, 5.41) is 21.1. The molecule has 0 saturated carbocycles. The third kappa shape index (κ3) is 4.87. The molecule has 4 nitrogen and oxygen atoms in total. The molecule has 0 spiro atoms. The fourth-order valence-electron chi connectivity index (χ4n) is 2.04. The number of rotatable bonds is 6. The second kappa shape index (κ2) is 7.55. The van der Waals surface area contributed by atoms with Crippen molar-refractivity contribution in [2.45, 2.75) is 19.2 Å². The van der Waals surface area contributed by atoms with E-state index in [-0.39, 0.29) is 13.2 Å². The molecule has 0 heterocycles. The Bertz CT molecular complexity index is 672. The highest BCUT2D eigenvalue weighted by atomic mass is 19.4. The summed E-state index contributed by atoms with van der Waals surface area (Å²) >= 11 is 0. The zero-order chi connectivity index (χ0) is 17.7. The molecule has 7 heteroatoms. The maximum absolute atomic E-state index is 12.5. The topological polar surface area (TPSA) is 61.7 Å². The van der Waals surface area contributed by atoms with E-state index in [4.69, 9.17) is 9.84 Å². The Kier molecular flexibility index (Phi) is 5.69. The van der Waals surface area contributed by atoms with Gasteiger partial charge in [-0.25, -0.2) is 0 Å². The van der Waals surface area contributed by atoms with Crippen LogP contribution in [0.5, 0.6) is 11.5 Å². The van der Waals surface area contributed by atoms with Gasteiger partial charge in [0, 0.05) is 12.2 Å². The van der Waals surface area contributed by atoms with Gasteiger partial charge in [0.25, 0.3) is 0 Å². The number of aliphatic hydroxyl groups excluding tert-OH is 2. The Hall–Kier alpha value is -2.25. The first-order chi connectivity index (χ1) is 11.3. The molecule has 2 aromatic rings. The van der Waals surface area contributed by atoms with Gasteiger partial charge in [0.15, 0.2) is 0 Å². The van der Waals surface area contributed by atoms with Crippen LogP contribution in [0.2, 0.25) is 0 Å². The van der Waals surface area contributed by atoms with Crippen molar-refractivity contribution in [2.75, 3.05) is 18.5 Å². The van der Waals surface area contributed by atoms with Crippen LogP contribution in [0.25, 0.3) is 0 Å². The molecule has 130 valence electrons. The summed E-state index contributed by atoms with van der Waals surface area (Å²) in [4.78, 5) is 0. The summed E-state index contributed by atoms with van der Waals surface area (Å²) in [7, 11) is 0. The van der Waals surface area contributed by atoms with Gasteiger partial charge >= 0.3 is 6.18 Å². The third-order valence-corrected chi connectivity index (χ3v) is 3.35. The number of halogens is 3. The quantitative estimate of drug-likeness (QED) is 0.752. The first-order valence-corrected chi connectivity index (χ1v) is 7.28. The zero-order valence-corrected chi connectivity index (χ0v) is 13.0. The van der Waals surface area contributed by atoms with Crippen LogP contribution >= 0.6 is 0 Å². The molecular formula is C17H18F3NO3. The van der Waals surface area contributed by atoms with Crippen LogP contribution in [0, 0.1) is 6.92 Å². The minimum absolute atomic E-state index is 0.205. The summed E-state index contributed by atoms with van der Waals surface area (Å²) in [6.07, 6.45) is -5.23. The van der Waals surface area contributed by atoms with E-state index in [9.17, 15) is 18.3 Å². The first-order valence-electron chi connectivity index (χ1n) is 7.28. The van der Waals surface area contributed by atoms with E-state index < -0.39 is 17.8 Å². The largest absolute Gasteiger partial charge is 0.457 e. The number of hydrogen-bond donors (Lipinski definition) is 3. The van der Waals surface area contributed by atoms with Gasteiger partial charge in [0.2, 0.25) is 0 Å². The molecule has 0 bridgehead atoms. The molecule has 0 saturated heterocycles. The Balaban J connectivity index is 2.04. The van der Waals surface area contributed by atoms with E-state index >= 15 is 0 Å². The smallest absolute Gasteiger partial charge is 0.416 e. The van der Waals surface area contributed by atoms with Crippen LogP contribution in [0.15, 0.2) is 42.5 Å². The number of ether oxygens (including phenoxy) is 1. The molecule has 1 atom stereocenters. The zero-order valence-electron chi connectivity index (χ0n) is 13.0. The number of anilines is 1. The van der Waals surface area contributed by atoms with Crippen molar-refractivity contribution >= 4 is 5.69 Å². The number of alkyl halides is 3. The van der Waals surface area contributed by atoms with Crippen molar-refractivity contribution in [3.8, 4) is 11.5 Å². The Morgan fingerprint density at radius 2 is 1.71 bits per heavy atom. The summed E-state index contributed by atoms with van der Waals surface area (Å²) < 4.78 is 43.1. The summed E-state index contributed by atoms with van der Waals surface area (Å²) in [6, 6.07) is 9.59. The number of aryl methyl sites for hydroxylation is 1. The van der Waals surface area contributed by atoms with Crippen LogP contribution < -0.4 is 10.1 Å². The van der Waals surface area contributed by atoms with Crippen molar-refractivity contribution in [1.29, 1.82) is 0 Å². The maximum Gasteiger partial charge on any atom is 0.416 e. The first kappa shape index (κ1) is 18.1. The van der Waals surface area contributed by atoms with Gasteiger partial charge in [-0.2, -0.15) is 13.2 Å². The lowest BCUT2D eigenvalue weighted by Gasteiger charge is -2.14. The Labute approximate surface area is 137 Å². The Morgan fingerprint density at radius 3 is 2.25 bits per heavy atom. The number of aliphatic hydroxyl groups is 2. The van der Waals surface area contributed by atoms with Crippen LogP contribution in [-0.4, -0.2) is 29.5 Å². The molecule has 0 amide bonds. The predicted molar refractivity (Wildman–Crippen MR) is 84.3 cm³/mol. The highest BCUT2D eigenvalue weighted by Crippen LogP contribution is 2.32. The monoisotopic (exact) mass is 341 g/mol. The molecule has 0 aromatic heterocycles. The van der Waals surface area contributed by atoms with Gasteiger partial charge in [-0.3, -0.25) is 0 Å². The van der Waals surface area contributed by atoms with E-state index in [0.29, 0.717) is 11.5 Å². The molecule has 0 aliphatic heterocycles. The molecule has 24 heavy (non-hydrogen) atoms. The highest BCUT2D eigenvalue weighted by Gasteiger charge is 2.30. The van der Waals surface area contributed by atoms with E-state index in [2.05, 4.69) is 5.32 Å². The van der Waals surface area contributed by atoms with Gasteiger partial charge < -0.3 is 20.3 Å². The van der Waals surface area contributed by atoms with Crippen LogP contribution in [0.3, 0.4) is 0 Å². The van der Waals surface area contributed by atoms with Crippen LogP contribution in [-0.2, 0) is 6.18 Å². The predicted octanol–water partition coefficient (Wildman–Crippen LogP) is 3.57. The van der Waals surface area contributed by atoms with Crippen molar-refractivity contribution in [2.24, 2.45) is 0 Å². The maximum atomic E-state index is 12.5. The van der Waals surface area contributed by atoms with Gasteiger partial charge in [-0.05, 0) is 55.0 Å². The lowest BCUT2D eigenvalue weighted by Crippen LogP contribution is -2.23. The minimum atomic E-state index is -4.37. The second-order valence-corrected chi connectivity index (χ2v) is 5.32. The summed E-state index contributed by atoms with van der Waals surface area (Å²) in [6.45, 7) is 1.70. The van der Waals surface area contributed by atoms with Gasteiger partial charge in [0.1, 0.15) is 11.5 Å². The minimum Gasteiger partial charge on any atom is -0.457 e. The highest BCUT2D eigenvalue weighted by molar-refractivity contribution is 5.54. The third-order valence-electron chi connectivity index (χ3n) is 3.35. The summed E-state index contributed by atoms with van der Waals surface area (Å²) in [5.74, 6) is 0.791. The van der Waals surface area contributed by atoms with E-state index in [0.717, 1.165) is 23.4 Å². The molecule has 0 aliphatic carbocycles. The molecule has 2 rings (SSSR count). The average Bonchev–Trinajstić information content (AvgIpc) is 2.53. The van der Waals surface area contributed by atoms with E-state index in [1.165, 1.54) is 12.1 Å². The normalized spacial score (nSPS) is 12.8. The second-order valence-electron chi connectivity index (χ2n) is 5.32. The standard InChI is InChI=1S/C17H18F3NO3/c1-11-8-15(6-7-16(11)21-9-13(23)10-22)24-14-4-2-12(3-5-14)17(18,19)20/h2-8,13,21-23H,9-10H2,1H3. The molecule has 0 radical (unpaired) electrons. The fraction of sp³-hybridized carbons (Fsp3) is 0.294. The van der Waals surface area contributed by atoms with Crippen molar-refractivity contribution in [3.63, 3.8) is 0 Å². The van der Waals surface area contributed by atoms with Crippen molar-refractivity contribution < 1.29 is 28.1 Å². The molecule has 3 N–H and O–H groups in total. The molecule has 0 aliphatic rings. The van der Waals surface area contributed by atoms with Crippen molar-refractivity contribution in [1.82, 2.24) is 0 Å². The lowest BCUT2D eigenvalue weighted by atomic mass is 10.2. The molecule has 2 aromatic carbocycles. The van der Waals surface area contributed by atoms with E-state index in [1.54, 1.807) is 18.2 Å². The molecular weight excluding hydrogens is 323 g/mol. The number of benzene rings is 2.